The van der Waals surface area contributed by atoms with Gasteiger partial charge in [-0.3, -0.25) is 9.59 Å². The number of hydrogen-bond acceptors (Lipinski definition) is 5. The van der Waals surface area contributed by atoms with Gasteiger partial charge in [0.25, 0.3) is 5.91 Å². The fourth-order valence-electron chi connectivity index (χ4n) is 1.70. The van der Waals surface area contributed by atoms with Crippen molar-refractivity contribution in [1.29, 1.82) is 0 Å². The number of nitrogens with zero attached hydrogens (tertiary/aromatic N) is 4. The van der Waals surface area contributed by atoms with E-state index in [2.05, 4.69) is 4.98 Å². The predicted molar refractivity (Wildman–Crippen MR) is 80.7 cm³/mol. The van der Waals surface area contributed by atoms with Crippen LogP contribution in [0.1, 0.15) is 10.4 Å². The molecule has 1 rings (SSSR count). The maximum absolute atomic E-state index is 12.4. The van der Waals surface area contributed by atoms with E-state index in [0.717, 1.165) is 5.82 Å². The van der Waals surface area contributed by atoms with E-state index < -0.39 is 5.97 Å². The zero-order valence-corrected chi connectivity index (χ0v) is 12.9. The van der Waals surface area contributed by atoms with Crippen LogP contribution in [0.5, 0.6) is 0 Å². The van der Waals surface area contributed by atoms with Gasteiger partial charge in [0.1, 0.15) is 12.4 Å². The molecule has 7 nitrogen and oxygen atoms in total. The lowest BCUT2D eigenvalue weighted by atomic mass is 10.2. The molecule has 0 saturated carbocycles. The molecule has 116 valence electrons. The van der Waals surface area contributed by atoms with E-state index in [1.54, 1.807) is 12.1 Å². The maximum Gasteiger partial charge on any atom is 0.323 e. The third-order valence-corrected chi connectivity index (χ3v) is 2.88. The highest BCUT2D eigenvalue weighted by Gasteiger charge is 2.19. The fraction of sp³-hybridized carbons (Fsp3) is 0.500. The van der Waals surface area contributed by atoms with Gasteiger partial charge < -0.3 is 19.8 Å². The molecule has 7 heteroatoms. The number of aromatic nitrogens is 1. The van der Waals surface area contributed by atoms with Gasteiger partial charge in [-0.15, -0.1) is 0 Å². The summed E-state index contributed by atoms with van der Waals surface area (Å²) in [5, 5.41) is 8.93. The number of carbonyl (C=O) groups excluding carboxylic acids is 1. The van der Waals surface area contributed by atoms with Gasteiger partial charge >= 0.3 is 5.97 Å². The lowest BCUT2D eigenvalue weighted by Gasteiger charge is -2.22. The van der Waals surface area contributed by atoms with E-state index in [1.165, 1.54) is 11.1 Å². The smallest absolute Gasteiger partial charge is 0.323 e. The molecule has 0 fully saturated rings. The molecule has 0 bridgehead atoms. The summed E-state index contributed by atoms with van der Waals surface area (Å²) < 4.78 is 0. The van der Waals surface area contributed by atoms with Crippen LogP contribution in [0.3, 0.4) is 0 Å². The minimum Gasteiger partial charge on any atom is -0.480 e. The second kappa shape index (κ2) is 7.58. The number of pyridine rings is 1. The van der Waals surface area contributed by atoms with Crippen molar-refractivity contribution in [1.82, 2.24) is 14.8 Å². The number of hydrogen-bond donors (Lipinski definition) is 1. The zero-order valence-electron chi connectivity index (χ0n) is 12.9. The van der Waals surface area contributed by atoms with Gasteiger partial charge in [0.15, 0.2) is 0 Å². The van der Waals surface area contributed by atoms with Crippen LogP contribution in [0.25, 0.3) is 0 Å². The van der Waals surface area contributed by atoms with E-state index in [0.29, 0.717) is 18.7 Å². The molecule has 0 aliphatic carbocycles. The Morgan fingerprint density at radius 1 is 1.14 bits per heavy atom. The number of anilines is 1. The van der Waals surface area contributed by atoms with Crippen molar-refractivity contribution in [3.8, 4) is 0 Å². The van der Waals surface area contributed by atoms with E-state index in [1.807, 2.05) is 38.0 Å². The molecular formula is C14H22N4O3. The molecule has 0 saturated heterocycles. The van der Waals surface area contributed by atoms with Crippen molar-refractivity contribution in [2.75, 3.05) is 52.7 Å². The fourth-order valence-corrected chi connectivity index (χ4v) is 1.70. The Hall–Kier alpha value is -2.15. The van der Waals surface area contributed by atoms with E-state index in [4.69, 9.17) is 5.11 Å². The molecule has 0 atom stereocenters. The maximum atomic E-state index is 12.4. The number of carboxylic acid groups (broad SMARTS) is 1. The molecular weight excluding hydrogens is 272 g/mol. The van der Waals surface area contributed by atoms with Crippen molar-refractivity contribution >= 4 is 17.7 Å². The first-order valence-electron chi connectivity index (χ1n) is 6.60. The van der Waals surface area contributed by atoms with Gasteiger partial charge in [0.05, 0.1) is 5.56 Å². The standard InChI is InChI=1S/C14H22N4O3/c1-16(2)7-8-18(10-13(19)20)14(21)11-5-6-12(15-9-11)17(3)4/h5-6,9H,7-8,10H2,1-4H3,(H,19,20). The summed E-state index contributed by atoms with van der Waals surface area (Å²) >= 11 is 0. The van der Waals surface area contributed by atoms with Crippen LogP contribution in [0.4, 0.5) is 5.82 Å². The average Bonchev–Trinajstić information content (AvgIpc) is 2.42. The predicted octanol–water partition coefficient (Wildman–Crippen LogP) is 0.236. The van der Waals surface area contributed by atoms with E-state index >= 15 is 0 Å². The van der Waals surface area contributed by atoms with Crippen LogP contribution in [-0.4, -0.2) is 79.6 Å². The Morgan fingerprint density at radius 3 is 2.24 bits per heavy atom. The number of aliphatic carboxylic acids is 1. The first-order chi connectivity index (χ1) is 9.81. The second-order valence-corrected chi connectivity index (χ2v) is 5.22. The number of amides is 1. The number of carbonyl (C=O) groups is 2. The summed E-state index contributed by atoms with van der Waals surface area (Å²) in [5.74, 6) is -0.610. The first kappa shape index (κ1) is 16.9. The molecule has 0 radical (unpaired) electrons. The lowest BCUT2D eigenvalue weighted by molar-refractivity contribution is -0.137. The molecule has 1 aromatic rings. The van der Waals surface area contributed by atoms with Gasteiger partial charge in [-0.1, -0.05) is 0 Å². The minimum absolute atomic E-state index is 0.317. The van der Waals surface area contributed by atoms with E-state index in [9.17, 15) is 9.59 Å². The Kier molecular flexibility index (Phi) is 6.10. The van der Waals surface area contributed by atoms with Gasteiger partial charge in [0.2, 0.25) is 0 Å². The molecule has 0 aliphatic rings. The van der Waals surface area contributed by atoms with Crippen molar-refractivity contribution in [2.24, 2.45) is 0 Å². The Labute approximate surface area is 124 Å². The van der Waals surface area contributed by atoms with Crippen LogP contribution < -0.4 is 4.90 Å². The summed E-state index contributed by atoms with van der Waals surface area (Å²) in [4.78, 5) is 32.5. The molecule has 0 spiro atoms. The Balaban J connectivity index is 2.85. The molecule has 1 heterocycles. The molecule has 1 amide bonds. The van der Waals surface area contributed by atoms with Gasteiger partial charge in [-0.05, 0) is 26.2 Å². The minimum atomic E-state index is -1.03. The molecule has 1 aromatic heterocycles. The summed E-state index contributed by atoms with van der Waals surface area (Å²) in [6.07, 6.45) is 1.47. The zero-order chi connectivity index (χ0) is 16.0. The third-order valence-electron chi connectivity index (χ3n) is 2.88. The van der Waals surface area contributed by atoms with Gasteiger partial charge in [-0.25, -0.2) is 4.98 Å². The van der Waals surface area contributed by atoms with Gasteiger partial charge in [0, 0.05) is 33.4 Å². The molecule has 0 aromatic carbocycles. The summed E-state index contributed by atoms with van der Waals surface area (Å²) in [5.41, 5.74) is 0.389. The molecule has 21 heavy (non-hydrogen) atoms. The van der Waals surface area contributed by atoms with Crippen LogP contribution in [0.15, 0.2) is 18.3 Å². The number of carboxylic acids is 1. The van der Waals surface area contributed by atoms with Gasteiger partial charge in [-0.2, -0.15) is 0 Å². The average molecular weight is 294 g/mol. The van der Waals surface area contributed by atoms with Crippen LogP contribution in [0.2, 0.25) is 0 Å². The summed E-state index contributed by atoms with van der Waals surface area (Å²) in [7, 11) is 7.46. The molecule has 0 unspecified atom stereocenters. The van der Waals surface area contributed by atoms with Crippen LogP contribution in [-0.2, 0) is 4.79 Å². The van der Waals surface area contributed by atoms with Crippen molar-refractivity contribution in [2.45, 2.75) is 0 Å². The highest BCUT2D eigenvalue weighted by atomic mass is 16.4. The first-order valence-corrected chi connectivity index (χ1v) is 6.60. The number of rotatable bonds is 7. The summed E-state index contributed by atoms with van der Waals surface area (Å²) in [6, 6.07) is 3.40. The number of likely N-dealkylation sites (N-methyl/N-ethyl adjacent to an activating group) is 1. The monoisotopic (exact) mass is 294 g/mol. The highest BCUT2D eigenvalue weighted by molar-refractivity contribution is 5.95. The topological polar surface area (TPSA) is 77.0 Å². The second-order valence-electron chi connectivity index (χ2n) is 5.22. The van der Waals surface area contributed by atoms with Crippen molar-refractivity contribution in [3.63, 3.8) is 0 Å². The SMILES string of the molecule is CN(C)CCN(CC(=O)O)C(=O)c1ccc(N(C)C)nc1. The normalized spacial score (nSPS) is 10.5. The van der Waals surface area contributed by atoms with Crippen LogP contribution >= 0.6 is 0 Å². The Morgan fingerprint density at radius 2 is 1.81 bits per heavy atom. The molecule has 1 N–H and O–H groups in total. The van der Waals surface area contributed by atoms with E-state index in [-0.39, 0.29) is 12.5 Å². The third kappa shape index (κ3) is 5.39. The van der Waals surface area contributed by atoms with Crippen molar-refractivity contribution in [3.05, 3.63) is 23.9 Å². The Bertz CT molecular complexity index is 485. The lowest BCUT2D eigenvalue weighted by Crippen LogP contribution is -2.40. The summed E-state index contributed by atoms with van der Waals surface area (Å²) in [6.45, 7) is 0.637. The van der Waals surface area contributed by atoms with Crippen LogP contribution in [0, 0.1) is 0 Å². The van der Waals surface area contributed by atoms with Crippen molar-refractivity contribution < 1.29 is 14.7 Å². The highest BCUT2D eigenvalue weighted by Crippen LogP contribution is 2.10. The largest absolute Gasteiger partial charge is 0.480 e. The molecule has 0 aliphatic heterocycles. The quantitative estimate of drug-likeness (QED) is 0.776.